The summed E-state index contributed by atoms with van der Waals surface area (Å²) in [7, 11) is 0. The number of benzene rings is 8. The van der Waals surface area contributed by atoms with Gasteiger partial charge in [0.2, 0.25) is 0 Å². The van der Waals surface area contributed by atoms with Crippen LogP contribution in [-0.2, 0) is 5.41 Å². The van der Waals surface area contributed by atoms with E-state index in [-0.39, 0.29) is 0 Å². The molecule has 0 amide bonds. The predicted molar refractivity (Wildman–Crippen MR) is 233 cm³/mol. The fraction of sp³-hybridized carbons (Fsp3) is 0.0189. The van der Waals surface area contributed by atoms with Crippen LogP contribution in [0.1, 0.15) is 22.3 Å². The maximum Gasteiger partial charge on any atom is 0.162 e. The van der Waals surface area contributed by atoms with Gasteiger partial charge >= 0.3 is 0 Å². The highest BCUT2D eigenvalue weighted by Gasteiger charge is 2.38. The second-order valence-electron chi connectivity index (χ2n) is 14.5. The van der Waals surface area contributed by atoms with E-state index in [1.165, 1.54) is 27.5 Å². The van der Waals surface area contributed by atoms with Crippen molar-refractivity contribution >= 4 is 43.7 Å². The van der Waals surface area contributed by atoms with Crippen molar-refractivity contribution in [2.24, 2.45) is 0 Å². The van der Waals surface area contributed by atoms with E-state index in [1.54, 1.807) is 0 Å². The highest BCUT2D eigenvalue weighted by molar-refractivity contribution is 6.09. The number of hydrogen-bond donors (Lipinski definition) is 0. The van der Waals surface area contributed by atoms with Crippen molar-refractivity contribution in [3.63, 3.8) is 0 Å². The number of nitrogens with zero attached hydrogens (tertiary/aromatic N) is 3. The van der Waals surface area contributed by atoms with Crippen LogP contribution in [0.15, 0.2) is 217 Å². The molecule has 11 rings (SSSR count). The summed E-state index contributed by atoms with van der Waals surface area (Å²) < 4.78 is 8.51. The smallest absolute Gasteiger partial charge is 0.162 e. The fourth-order valence-electron chi connectivity index (χ4n) is 8.84. The Balaban J connectivity index is 1.18. The standard InChI is InChI=1S/C53H35N3O/c1-4-18-38(19-5-1)53(39-20-6-2-7-21-39,40-22-8-3-9-23-40)41-24-16-17-37(33-41)52-54-46(36-31-32-50-45(34-36)44-27-12-15-30-49(44)57-50)35-51(55-52)56-47-28-13-10-25-42(47)43-26-11-14-29-48(43)56/h1-35H. The van der Waals surface area contributed by atoms with E-state index in [2.05, 4.69) is 205 Å². The summed E-state index contributed by atoms with van der Waals surface area (Å²) >= 11 is 0. The van der Waals surface area contributed by atoms with Crippen LogP contribution in [0, 0.1) is 0 Å². The van der Waals surface area contributed by atoms with Crippen LogP contribution >= 0.6 is 0 Å². The second-order valence-corrected chi connectivity index (χ2v) is 14.5. The van der Waals surface area contributed by atoms with Gasteiger partial charge in [-0.2, -0.15) is 0 Å². The molecule has 0 spiro atoms. The number of hydrogen-bond acceptors (Lipinski definition) is 3. The zero-order valence-corrected chi connectivity index (χ0v) is 31.0. The SMILES string of the molecule is c1ccc(C(c2ccccc2)(c2ccccc2)c2cccc(-c3nc(-c4ccc5oc6ccccc6c5c4)cc(-n4c5ccccc5c5ccccc54)n3)c2)cc1. The third-order valence-corrected chi connectivity index (χ3v) is 11.4. The Kier molecular flexibility index (Phi) is 7.68. The van der Waals surface area contributed by atoms with E-state index in [0.29, 0.717) is 5.82 Å². The third kappa shape index (κ3) is 5.30. The first kappa shape index (κ1) is 32.8. The van der Waals surface area contributed by atoms with Crippen LogP contribution in [0.3, 0.4) is 0 Å². The summed E-state index contributed by atoms with van der Waals surface area (Å²) in [6.07, 6.45) is 0. The Hall–Kier alpha value is -7.56. The number of aromatic nitrogens is 3. The lowest BCUT2D eigenvalue weighted by atomic mass is 9.65. The molecule has 0 saturated heterocycles. The van der Waals surface area contributed by atoms with E-state index in [9.17, 15) is 0 Å². The van der Waals surface area contributed by atoms with E-state index in [0.717, 1.165) is 61.2 Å². The van der Waals surface area contributed by atoms with Crippen molar-refractivity contribution in [1.29, 1.82) is 0 Å². The Morgan fingerprint density at radius 1 is 0.368 bits per heavy atom. The molecular weight excluding hydrogens is 695 g/mol. The Morgan fingerprint density at radius 3 is 1.53 bits per heavy atom. The quantitative estimate of drug-likeness (QED) is 0.153. The normalized spacial score (nSPS) is 11.9. The second kappa shape index (κ2) is 13.3. The van der Waals surface area contributed by atoms with Gasteiger partial charge in [0.1, 0.15) is 17.0 Å². The van der Waals surface area contributed by atoms with Crippen molar-refractivity contribution in [1.82, 2.24) is 14.5 Å². The van der Waals surface area contributed by atoms with Crippen LogP contribution in [0.4, 0.5) is 0 Å². The van der Waals surface area contributed by atoms with Crippen LogP contribution in [0.25, 0.3) is 72.2 Å². The summed E-state index contributed by atoms with van der Waals surface area (Å²) in [6, 6.07) is 75.1. The minimum Gasteiger partial charge on any atom is -0.456 e. The van der Waals surface area contributed by atoms with Gasteiger partial charge in [-0.3, -0.25) is 4.57 Å². The molecule has 0 bridgehead atoms. The minimum atomic E-state index is -0.611. The molecule has 0 fully saturated rings. The molecule has 4 nitrogen and oxygen atoms in total. The maximum absolute atomic E-state index is 6.23. The molecule has 268 valence electrons. The number of para-hydroxylation sites is 3. The number of fused-ring (bicyclic) bond motifs is 6. The van der Waals surface area contributed by atoms with Gasteiger partial charge in [0.05, 0.1) is 22.1 Å². The zero-order chi connectivity index (χ0) is 37.8. The molecule has 0 unspecified atom stereocenters. The summed E-state index contributed by atoms with van der Waals surface area (Å²) in [5, 5.41) is 4.50. The average molecular weight is 730 g/mol. The van der Waals surface area contributed by atoms with Gasteiger partial charge in [0, 0.05) is 38.7 Å². The summed E-state index contributed by atoms with van der Waals surface area (Å²) in [6.45, 7) is 0. The summed E-state index contributed by atoms with van der Waals surface area (Å²) in [5.41, 5.74) is 10.7. The lowest BCUT2D eigenvalue weighted by molar-refractivity contribution is 0.669. The van der Waals surface area contributed by atoms with Crippen LogP contribution in [-0.4, -0.2) is 14.5 Å². The first-order chi connectivity index (χ1) is 28.3. The van der Waals surface area contributed by atoms with Gasteiger partial charge in [-0.25, -0.2) is 9.97 Å². The molecule has 0 N–H and O–H groups in total. The monoisotopic (exact) mass is 729 g/mol. The molecule has 8 aromatic carbocycles. The van der Waals surface area contributed by atoms with Crippen molar-refractivity contribution in [3.8, 4) is 28.5 Å². The van der Waals surface area contributed by atoms with Crippen molar-refractivity contribution in [2.75, 3.05) is 0 Å². The first-order valence-electron chi connectivity index (χ1n) is 19.3. The van der Waals surface area contributed by atoms with Gasteiger partial charge in [-0.15, -0.1) is 0 Å². The fourth-order valence-corrected chi connectivity index (χ4v) is 8.84. The van der Waals surface area contributed by atoms with E-state index in [1.807, 2.05) is 12.1 Å². The highest BCUT2D eigenvalue weighted by Crippen LogP contribution is 2.46. The van der Waals surface area contributed by atoms with Gasteiger partial charge < -0.3 is 4.42 Å². The summed E-state index contributed by atoms with van der Waals surface area (Å²) in [4.78, 5) is 10.9. The molecule has 0 radical (unpaired) electrons. The molecular formula is C53H35N3O. The molecule has 3 heterocycles. The lowest BCUT2D eigenvalue weighted by Crippen LogP contribution is -2.31. The Bertz CT molecular complexity index is 3090. The van der Waals surface area contributed by atoms with Crippen molar-refractivity contribution in [2.45, 2.75) is 5.41 Å². The van der Waals surface area contributed by atoms with Crippen molar-refractivity contribution < 1.29 is 4.42 Å². The Morgan fingerprint density at radius 2 is 0.895 bits per heavy atom. The molecule has 0 aliphatic heterocycles. The van der Waals surface area contributed by atoms with Gasteiger partial charge in [-0.1, -0.05) is 164 Å². The van der Waals surface area contributed by atoms with Crippen LogP contribution in [0.5, 0.6) is 0 Å². The lowest BCUT2D eigenvalue weighted by Gasteiger charge is -2.37. The van der Waals surface area contributed by atoms with E-state index < -0.39 is 5.41 Å². The average Bonchev–Trinajstić information content (AvgIpc) is 3.83. The van der Waals surface area contributed by atoms with Gasteiger partial charge in [-0.05, 0) is 64.7 Å². The largest absolute Gasteiger partial charge is 0.456 e. The molecule has 0 atom stereocenters. The van der Waals surface area contributed by atoms with Crippen LogP contribution < -0.4 is 0 Å². The molecule has 0 saturated carbocycles. The molecule has 11 aromatic rings. The maximum atomic E-state index is 6.23. The van der Waals surface area contributed by atoms with Crippen LogP contribution in [0.2, 0.25) is 0 Å². The molecule has 0 aliphatic rings. The van der Waals surface area contributed by atoms with Gasteiger partial charge in [0.25, 0.3) is 0 Å². The highest BCUT2D eigenvalue weighted by atomic mass is 16.3. The topological polar surface area (TPSA) is 43.9 Å². The van der Waals surface area contributed by atoms with E-state index >= 15 is 0 Å². The van der Waals surface area contributed by atoms with E-state index in [4.69, 9.17) is 14.4 Å². The third-order valence-electron chi connectivity index (χ3n) is 11.4. The Labute approximate surface area is 330 Å². The molecule has 4 heteroatoms. The predicted octanol–water partition coefficient (Wildman–Crippen LogP) is 13.2. The zero-order valence-electron chi connectivity index (χ0n) is 31.0. The number of furan rings is 1. The minimum absolute atomic E-state index is 0.611. The molecule has 57 heavy (non-hydrogen) atoms. The van der Waals surface area contributed by atoms with Crippen molar-refractivity contribution in [3.05, 3.63) is 235 Å². The molecule has 3 aromatic heterocycles. The first-order valence-corrected chi connectivity index (χ1v) is 19.3. The molecule has 0 aliphatic carbocycles. The summed E-state index contributed by atoms with van der Waals surface area (Å²) in [5.74, 6) is 1.45. The number of rotatable bonds is 7. The van der Waals surface area contributed by atoms with Gasteiger partial charge in [0.15, 0.2) is 5.82 Å².